The van der Waals surface area contributed by atoms with Gasteiger partial charge in [-0.05, 0) is 37.6 Å². The van der Waals surface area contributed by atoms with E-state index in [1.54, 1.807) is 0 Å². The number of anilines is 1. The predicted molar refractivity (Wildman–Crippen MR) is 95.0 cm³/mol. The normalized spacial score (nSPS) is 22.8. The molecule has 122 valence electrons. The first kappa shape index (κ1) is 16.1. The predicted octanol–water partition coefficient (Wildman–Crippen LogP) is 3.25. The maximum Gasteiger partial charge on any atom is 0.0642 e. The lowest BCUT2D eigenvalue weighted by molar-refractivity contribution is 0.300. The average molecular weight is 322 g/mol. The van der Waals surface area contributed by atoms with Crippen molar-refractivity contribution in [1.29, 1.82) is 0 Å². The first-order valence-corrected chi connectivity index (χ1v) is 8.96. The molecule has 4 heteroatoms. The van der Waals surface area contributed by atoms with Gasteiger partial charge in [0.2, 0.25) is 0 Å². The van der Waals surface area contributed by atoms with Gasteiger partial charge >= 0.3 is 0 Å². The summed E-state index contributed by atoms with van der Waals surface area (Å²) in [5, 5.41) is 0.889. The fraction of sp³-hybridized carbons (Fsp3) is 0.667. The molecule has 0 atom stereocenters. The summed E-state index contributed by atoms with van der Waals surface area (Å²) in [4.78, 5) is 4.77. The minimum absolute atomic E-state index is 0.155. The molecular formula is C18H28ClN3. The third kappa shape index (κ3) is 3.12. The number of nitrogens with two attached hydrogens (primary N) is 1. The van der Waals surface area contributed by atoms with Gasteiger partial charge in [0, 0.05) is 38.1 Å². The van der Waals surface area contributed by atoms with Gasteiger partial charge in [0.05, 0.1) is 10.7 Å². The molecule has 1 saturated carbocycles. The Balaban J connectivity index is 1.82. The number of halogens is 1. The highest BCUT2D eigenvalue weighted by Gasteiger charge is 2.33. The zero-order chi connectivity index (χ0) is 15.6. The van der Waals surface area contributed by atoms with E-state index in [0.29, 0.717) is 0 Å². The molecule has 2 aliphatic rings. The molecule has 1 aromatic rings. The Bertz CT molecular complexity index is 503. The molecule has 0 radical (unpaired) electrons. The molecule has 1 heterocycles. The number of piperazine rings is 1. The van der Waals surface area contributed by atoms with Crippen molar-refractivity contribution in [2.75, 3.05) is 44.7 Å². The highest BCUT2D eigenvalue weighted by Crippen LogP contribution is 2.41. The van der Waals surface area contributed by atoms with Crippen LogP contribution < -0.4 is 10.6 Å². The van der Waals surface area contributed by atoms with Crippen molar-refractivity contribution in [3.63, 3.8) is 0 Å². The molecule has 2 N–H and O–H groups in total. The van der Waals surface area contributed by atoms with Gasteiger partial charge in [-0.1, -0.05) is 36.9 Å². The van der Waals surface area contributed by atoms with Gasteiger partial charge < -0.3 is 15.5 Å². The Morgan fingerprint density at radius 3 is 2.36 bits per heavy atom. The molecule has 22 heavy (non-hydrogen) atoms. The zero-order valence-corrected chi connectivity index (χ0v) is 14.4. The third-order valence-electron chi connectivity index (χ3n) is 5.61. The topological polar surface area (TPSA) is 32.5 Å². The van der Waals surface area contributed by atoms with Crippen LogP contribution in [-0.4, -0.2) is 44.7 Å². The van der Waals surface area contributed by atoms with E-state index in [4.69, 9.17) is 17.3 Å². The van der Waals surface area contributed by atoms with Crippen LogP contribution in [0.3, 0.4) is 0 Å². The summed E-state index contributed by atoms with van der Waals surface area (Å²) < 4.78 is 0. The molecule has 1 aliphatic heterocycles. The van der Waals surface area contributed by atoms with Gasteiger partial charge in [-0.3, -0.25) is 0 Å². The van der Waals surface area contributed by atoms with E-state index in [9.17, 15) is 0 Å². The van der Waals surface area contributed by atoms with Crippen molar-refractivity contribution >= 4 is 17.3 Å². The summed E-state index contributed by atoms with van der Waals surface area (Å²) in [7, 11) is 2.18. The van der Waals surface area contributed by atoms with Crippen LogP contribution in [0.2, 0.25) is 5.02 Å². The Labute approximate surface area is 139 Å². The fourth-order valence-corrected chi connectivity index (χ4v) is 4.28. The standard InChI is InChI=1S/C18H28ClN3/c1-21-9-11-22(12-10-21)17-6-5-15(13-16(17)19)18(14-20)7-3-2-4-8-18/h5-6,13H,2-4,7-12,14,20H2,1H3. The van der Waals surface area contributed by atoms with E-state index in [2.05, 4.69) is 35.0 Å². The molecule has 0 aromatic heterocycles. The van der Waals surface area contributed by atoms with Crippen molar-refractivity contribution in [3.05, 3.63) is 28.8 Å². The maximum atomic E-state index is 6.64. The molecule has 1 aromatic carbocycles. The molecule has 3 rings (SSSR count). The molecular weight excluding hydrogens is 294 g/mol. The Morgan fingerprint density at radius 1 is 1.09 bits per heavy atom. The lowest BCUT2D eigenvalue weighted by Gasteiger charge is -2.38. The number of nitrogens with zero attached hydrogens (tertiary/aromatic N) is 2. The van der Waals surface area contributed by atoms with E-state index < -0.39 is 0 Å². The summed E-state index contributed by atoms with van der Waals surface area (Å²) >= 11 is 6.64. The first-order chi connectivity index (χ1) is 10.6. The number of hydrogen-bond acceptors (Lipinski definition) is 3. The minimum Gasteiger partial charge on any atom is -0.368 e. The van der Waals surface area contributed by atoms with Crippen LogP contribution in [-0.2, 0) is 5.41 Å². The summed E-state index contributed by atoms with van der Waals surface area (Å²) in [6, 6.07) is 6.68. The first-order valence-electron chi connectivity index (χ1n) is 8.58. The monoisotopic (exact) mass is 321 g/mol. The average Bonchev–Trinajstić information content (AvgIpc) is 2.56. The summed E-state index contributed by atoms with van der Waals surface area (Å²) in [6.45, 7) is 5.04. The van der Waals surface area contributed by atoms with Crippen molar-refractivity contribution < 1.29 is 0 Å². The number of hydrogen-bond donors (Lipinski definition) is 1. The summed E-state index contributed by atoms with van der Waals surface area (Å²) in [6.07, 6.45) is 6.32. The molecule has 3 nitrogen and oxygen atoms in total. The van der Waals surface area contributed by atoms with Gasteiger partial charge in [-0.15, -0.1) is 0 Å². The zero-order valence-electron chi connectivity index (χ0n) is 13.7. The molecule has 0 amide bonds. The van der Waals surface area contributed by atoms with Crippen LogP contribution in [0.1, 0.15) is 37.7 Å². The highest BCUT2D eigenvalue weighted by molar-refractivity contribution is 6.33. The molecule has 0 bridgehead atoms. The summed E-state index contributed by atoms with van der Waals surface area (Å²) in [5.74, 6) is 0. The molecule has 2 fully saturated rings. The quantitative estimate of drug-likeness (QED) is 0.927. The molecule has 1 saturated heterocycles. The van der Waals surface area contributed by atoms with Crippen molar-refractivity contribution in [1.82, 2.24) is 4.90 Å². The van der Waals surface area contributed by atoms with Crippen LogP contribution >= 0.6 is 11.6 Å². The fourth-order valence-electron chi connectivity index (χ4n) is 3.98. The van der Waals surface area contributed by atoms with E-state index in [0.717, 1.165) is 37.7 Å². The van der Waals surface area contributed by atoms with Gasteiger partial charge in [0.1, 0.15) is 0 Å². The second kappa shape index (κ2) is 6.77. The van der Waals surface area contributed by atoms with Crippen molar-refractivity contribution in [2.45, 2.75) is 37.5 Å². The molecule has 0 unspecified atom stereocenters. The van der Waals surface area contributed by atoms with Crippen molar-refractivity contribution in [2.24, 2.45) is 5.73 Å². The second-order valence-electron chi connectivity index (χ2n) is 7.00. The van der Waals surface area contributed by atoms with Crippen LogP contribution in [0, 0.1) is 0 Å². The largest absolute Gasteiger partial charge is 0.368 e. The van der Waals surface area contributed by atoms with E-state index in [1.165, 1.54) is 43.4 Å². The van der Waals surface area contributed by atoms with Gasteiger partial charge in [-0.25, -0.2) is 0 Å². The van der Waals surface area contributed by atoms with Gasteiger partial charge in [0.15, 0.2) is 0 Å². The highest BCUT2D eigenvalue weighted by atomic mass is 35.5. The maximum absolute atomic E-state index is 6.64. The molecule has 1 aliphatic carbocycles. The SMILES string of the molecule is CN1CCN(c2ccc(C3(CN)CCCCC3)cc2Cl)CC1. The van der Waals surface area contributed by atoms with Crippen LogP contribution in [0.4, 0.5) is 5.69 Å². The van der Waals surface area contributed by atoms with Crippen LogP contribution in [0.15, 0.2) is 18.2 Å². The van der Waals surface area contributed by atoms with E-state index >= 15 is 0 Å². The Hall–Kier alpha value is -0.770. The number of rotatable bonds is 3. The smallest absolute Gasteiger partial charge is 0.0642 e. The van der Waals surface area contributed by atoms with Crippen LogP contribution in [0.25, 0.3) is 0 Å². The summed E-state index contributed by atoms with van der Waals surface area (Å²) in [5.41, 5.74) is 8.84. The van der Waals surface area contributed by atoms with Gasteiger partial charge in [-0.2, -0.15) is 0 Å². The second-order valence-corrected chi connectivity index (χ2v) is 7.41. The number of benzene rings is 1. The lowest BCUT2D eigenvalue weighted by Crippen LogP contribution is -2.44. The molecule has 0 spiro atoms. The van der Waals surface area contributed by atoms with Crippen LogP contribution in [0.5, 0.6) is 0 Å². The lowest BCUT2D eigenvalue weighted by atomic mass is 9.69. The number of likely N-dealkylation sites (N-methyl/N-ethyl adjacent to an activating group) is 1. The van der Waals surface area contributed by atoms with E-state index in [-0.39, 0.29) is 5.41 Å². The van der Waals surface area contributed by atoms with Gasteiger partial charge in [0.25, 0.3) is 0 Å². The Kier molecular flexibility index (Phi) is 4.96. The Morgan fingerprint density at radius 2 is 1.77 bits per heavy atom. The third-order valence-corrected chi connectivity index (χ3v) is 5.91. The van der Waals surface area contributed by atoms with Crippen molar-refractivity contribution in [3.8, 4) is 0 Å². The minimum atomic E-state index is 0.155. The van der Waals surface area contributed by atoms with E-state index in [1.807, 2.05) is 0 Å².